The molecule has 2 saturated heterocycles. The lowest BCUT2D eigenvalue weighted by Crippen LogP contribution is -2.56. The molecule has 3 heterocycles. The van der Waals surface area contributed by atoms with Crippen molar-refractivity contribution < 1.29 is 18.9 Å². The van der Waals surface area contributed by atoms with Crippen LogP contribution in [0.1, 0.15) is 44.6 Å². The number of fused-ring (bicyclic) bond motifs is 1. The van der Waals surface area contributed by atoms with Gasteiger partial charge in [-0.1, -0.05) is 31.2 Å². The summed E-state index contributed by atoms with van der Waals surface area (Å²) >= 11 is 0. The van der Waals surface area contributed by atoms with Crippen molar-refractivity contribution in [1.82, 2.24) is 19.9 Å². The minimum atomic E-state index is -0.700. The van der Waals surface area contributed by atoms with E-state index in [1.54, 1.807) is 0 Å². The fourth-order valence-electron chi connectivity index (χ4n) is 4.94. The first-order chi connectivity index (χ1) is 14.8. The van der Waals surface area contributed by atoms with Gasteiger partial charge in [-0.25, -0.2) is 0 Å². The molecule has 2 aliphatic heterocycles. The Balaban J connectivity index is 1.43. The van der Waals surface area contributed by atoms with Crippen molar-refractivity contribution in [3.63, 3.8) is 0 Å². The molecule has 3 unspecified atom stereocenters. The molecule has 0 bridgehead atoms. The topological polar surface area (TPSA) is 87.0 Å². The number of amides is 3. The maximum Gasteiger partial charge on any atom is 0.245 e. The highest BCUT2D eigenvalue weighted by molar-refractivity contribution is 6.08. The number of imide groups is 1. The Bertz CT molecular complexity index is 843. The summed E-state index contributed by atoms with van der Waals surface area (Å²) in [5.41, 5.74) is 0.857. The third-order valence-corrected chi connectivity index (χ3v) is 6.57. The van der Waals surface area contributed by atoms with Crippen molar-refractivity contribution in [1.29, 1.82) is 0 Å². The number of rotatable bonds is 6. The van der Waals surface area contributed by atoms with Gasteiger partial charge in [-0.05, 0) is 32.1 Å². The number of carbonyl (C=O) groups is 3. The second kappa shape index (κ2) is 8.94. The summed E-state index contributed by atoms with van der Waals surface area (Å²) in [6, 6.07) is 1.23. The molecule has 31 heavy (non-hydrogen) atoms. The van der Waals surface area contributed by atoms with Crippen molar-refractivity contribution >= 4 is 17.7 Å². The smallest absolute Gasteiger partial charge is 0.245 e. The van der Waals surface area contributed by atoms with Crippen LogP contribution in [-0.2, 0) is 20.9 Å². The lowest BCUT2D eigenvalue weighted by Gasteiger charge is -2.38. The van der Waals surface area contributed by atoms with Crippen LogP contribution >= 0.6 is 0 Å². The molecule has 0 saturated carbocycles. The highest BCUT2D eigenvalue weighted by atomic mass is 16.5. The summed E-state index contributed by atoms with van der Waals surface area (Å²) < 4.78 is 5.30. The number of aryl methyl sites for hydroxylation is 1. The molecular weight excluding hydrogens is 396 g/mol. The van der Waals surface area contributed by atoms with Crippen LogP contribution in [0.5, 0.6) is 0 Å². The van der Waals surface area contributed by atoms with Gasteiger partial charge in [0.05, 0.1) is 24.1 Å². The van der Waals surface area contributed by atoms with Gasteiger partial charge in [-0.15, -0.1) is 0 Å². The molecule has 1 aromatic heterocycles. The number of carbonyl (C=O) groups excluding carboxylic acids is 3. The Labute approximate surface area is 183 Å². The molecule has 4 rings (SSSR count). The van der Waals surface area contributed by atoms with E-state index in [0.717, 1.165) is 24.5 Å². The maximum atomic E-state index is 13.5. The predicted molar refractivity (Wildman–Crippen MR) is 114 cm³/mol. The van der Waals surface area contributed by atoms with Crippen LogP contribution in [0.4, 0.5) is 0 Å². The van der Waals surface area contributed by atoms with Gasteiger partial charge in [-0.2, -0.15) is 0 Å². The molecule has 3 aliphatic rings. The molecule has 1 aromatic rings. The van der Waals surface area contributed by atoms with Crippen molar-refractivity contribution in [3.8, 4) is 0 Å². The molecule has 168 valence electrons. The van der Waals surface area contributed by atoms with E-state index in [1.165, 1.54) is 4.90 Å². The zero-order valence-corrected chi connectivity index (χ0v) is 18.6. The fourth-order valence-corrected chi connectivity index (χ4v) is 4.94. The van der Waals surface area contributed by atoms with Crippen molar-refractivity contribution in [3.05, 3.63) is 29.7 Å². The first-order valence-electron chi connectivity index (χ1n) is 11.3. The molecule has 3 amide bonds. The molecule has 0 spiro atoms. The van der Waals surface area contributed by atoms with Crippen LogP contribution in [0.2, 0.25) is 0 Å². The molecule has 8 heteroatoms. The van der Waals surface area contributed by atoms with Crippen molar-refractivity contribution in [2.24, 2.45) is 17.8 Å². The quantitative estimate of drug-likeness (QED) is 0.509. The van der Waals surface area contributed by atoms with E-state index in [2.05, 4.69) is 10.1 Å². The zero-order valence-electron chi connectivity index (χ0n) is 18.6. The van der Waals surface area contributed by atoms with E-state index in [1.807, 2.05) is 43.9 Å². The first kappa shape index (κ1) is 21.7. The minimum Gasteiger partial charge on any atom is -0.360 e. The van der Waals surface area contributed by atoms with Crippen LogP contribution in [-0.4, -0.2) is 69.8 Å². The van der Waals surface area contributed by atoms with Crippen LogP contribution < -0.4 is 0 Å². The average molecular weight is 429 g/mol. The number of hydrogen-bond acceptors (Lipinski definition) is 6. The summed E-state index contributed by atoms with van der Waals surface area (Å²) in [4.78, 5) is 45.0. The van der Waals surface area contributed by atoms with Gasteiger partial charge in [0, 0.05) is 32.2 Å². The second-order valence-electron chi connectivity index (χ2n) is 9.38. The summed E-state index contributed by atoms with van der Waals surface area (Å²) in [6.07, 6.45) is 5.64. The van der Waals surface area contributed by atoms with E-state index < -0.39 is 6.04 Å². The van der Waals surface area contributed by atoms with E-state index >= 15 is 0 Å². The van der Waals surface area contributed by atoms with Crippen molar-refractivity contribution in [2.45, 2.75) is 52.6 Å². The molecule has 2 fully saturated rings. The lowest BCUT2D eigenvalue weighted by molar-refractivity contribution is -0.153. The standard InChI is InChI=1S/C23H32N4O4/c1-15(2)12-20(27-21(28)18-6-4-5-7-19(18)22(27)29)23(30)26-10-8-25(9-11-26)14-17-13-16(3)24-31-17/h4-5,13,15,18-20H,6-12,14H2,1-3H3. The maximum absolute atomic E-state index is 13.5. The molecule has 1 aliphatic carbocycles. The Hall–Kier alpha value is -2.48. The summed E-state index contributed by atoms with van der Waals surface area (Å²) in [5, 5.41) is 3.92. The number of allylic oxidation sites excluding steroid dienone is 2. The SMILES string of the molecule is Cc1cc(CN2CCN(C(=O)C(CC(C)C)N3C(=O)C4CC=CCC4C3=O)CC2)on1. The van der Waals surface area contributed by atoms with Crippen LogP contribution in [0.15, 0.2) is 22.7 Å². The predicted octanol–water partition coefficient (Wildman–Crippen LogP) is 1.99. The van der Waals surface area contributed by atoms with Gasteiger partial charge in [-0.3, -0.25) is 24.2 Å². The third-order valence-electron chi connectivity index (χ3n) is 6.57. The lowest BCUT2D eigenvalue weighted by atomic mass is 9.85. The molecule has 3 atom stereocenters. The number of hydrogen-bond donors (Lipinski definition) is 0. The summed E-state index contributed by atoms with van der Waals surface area (Å²) in [7, 11) is 0. The van der Waals surface area contributed by atoms with Gasteiger partial charge in [0.1, 0.15) is 6.04 Å². The molecule has 0 aromatic carbocycles. The Kier molecular flexibility index (Phi) is 6.27. The number of aromatic nitrogens is 1. The van der Waals surface area contributed by atoms with Gasteiger partial charge >= 0.3 is 0 Å². The van der Waals surface area contributed by atoms with E-state index in [9.17, 15) is 14.4 Å². The van der Waals surface area contributed by atoms with E-state index in [-0.39, 0.29) is 35.5 Å². The fraction of sp³-hybridized carbons (Fsp3) is 0.652. The Morgan fingerprint density at radius 1 is 1.10 bits per heavy atom. The van der Waals surface area contributed by atoms with E-state index in [4.69, 9.17) is 4.52 Å². The molecule has 0 radical (unpaired) electrons. The largest absolute Gasteiger partial charge is 0.360 e. The van der Waals surface area contributed by atoms with Gasteiger partial charge in [0.25, 0.3) is 0 Å². The Morgan fingerprint density at radius 2 is 1.71 bits per heavy atom. The third kappa shape index (κ3) is 4.44. The number of piperazine rings is 1. The van der Waals surface area contributed by atoms with Gasteiger partial charge in [0.2, 0.25) is 17.7 Å². The van der Waals surface area contributed by atoms with Crippen LogP contribution in [0.3, 0.4) is 0 Å². The number of likely N-dealkylation sites (tertiary alicyclic amines) is 1. The minimum absolute atomic E-state index is 0.0998. The second-order valence-corrected chi connectivity index (χ2v) is 9.38. The molecular formula is C23H32N4O4. The van der Waals surface area contributed by atoms with Gasteiger partial charge in [0.15, 0.2) is 5.76 Å². The van der Waals surface area contributed by atoms with Crippen LogP contribution in [0, 0.1) is 24.7 Å². The monoisotopic (exact) mass is 428 g/mol. The summed E-state index contributed by atoms with van der Waals surface area (Å²) in [5.74, 6) is -0.0254. The number of nitrogens with zero attached hydrogens (tertiary/aromatic N) is 4. The van der Waals surface area contributed by atoms with E-state index in [0.29, 0.717) is 38.9 Å². The van der Waals surface area contributed by atoms with Gasteiger partial charge < -0.3 is 9.42 Å². The zero-order chi connectivity index (χ0) is 22.1. The molecule has 8 nitrogen and oxygen atoms in total. The first-order valence-corrected chi connectivity index (χ1v) is 11.3. The van der Waals surface area contributed by atoms with Crippen LogP contribution in [0.25, 0.3) is 0 Å². The van der Waals surface area contributed by atoms with Crippen molar-refractivity contribution in [2.75, 3.05) is 26.2 Å². The Morgan fingerprint density at radius 3 is 2.23 bits per heavy atom. The highest BCUT2D eigenvalue weighted by Crippen LogP contribution is 2.37. The average Bonchev–Trinajstić information content (AvgIpc) is 3.27. The highest BCUT2D eigenvalue weighted by Gasteiger charge is 2.51. The molecule has 0 N–H and O–H groups in total. The normalized spacial score (nSPS) is 25.4. The summed E-state index contributed by atoms with van der Waals surface area (Å²) in [6.45, 7) is 9.20.